The summed E-state index contributed by atoms with van der Waals surface area (Å²) in [7, 11) is 0. The van der Waals surface area contributed by atoms with Crippen LogP contribution in [0.15, 0.2) is 24.3 Å². The minimum atomic E-state index is -0.348. The number of allylic oxidation sites excluding steroid dienone is 1. The van der Waals surface area contributed by atoms with Gasteiger partial charge in [0.25, 0.3) is 0 Å². The number of Topliss-reactive ketones (excluding diaryl/α,β-unsaturated/α-hetero) is 1. The van der Waals surface area contributed by atoms with Gasteiger partial charge < -0.3 is 4.74 Å². The molecule has 1 aliphatic carbocycles. The van der Waals surface area contributed by atoms with E-state index in [0.717, 1.165) is 28.7 Å². The normalized spacial score (nSPS) is 17.3. The van der Waals surface area contributed by atoms with E-state index < -0.39 is 0 Å². The Morgan fingerprint density at radius 3 is 2.76 bits per heavy atom. The second kappa shape index (κ2) is 5.84. The van der Waals surface area contributed by atoms with Crippen molar-refractivity contribution in [2.75, 3.05) is 6.61 Å². The fourth-order valence-corrected chi connectivity index (χ4v) is 2.75. The Balaban J connectivity index is 2.39. The van der Waals surface area contributed by atoms with E-state index in [9.17, 15) is 9.59 Å². The van der Waals surface area contributed by atoms with Gasteiger partial charge in [-0.3, -0.25) is 4.79 Å². The van der Waals surface area contributed by atoms with Crippen LogP contribution < -0.4 is 0 Å². The Bertz CT molecular complexity index is 609. The Labute approximate surface area is 126 Å². The van der Waals surface area contributed by atoms with E-state index in [4.69, 9.17) is 4.74 Å². The zero-order valence-corrected chi connectivity index (χ0v) is 13.2. The predicted molar refractivity (Wildman–Crippen MR) is 83.3 cm³/mol. The summed E-state index contributed by atoms with van der Waals surface area (Å²) >= 11 is 0. The number of fused-ring (bicyclic) bond motifs is 1. The molecule has 1 aromatic rings. The van der Waals surface area contributed by atoms with Crippen molar-refractivity contribution in [3.8, 4) is 0 Å². The lowest BCUT2D eigenvalue weighted by Crippen LogP contribution is -2.27. The van der Waals surface area contributed by atoms with Crippen LogP contribution >= 0.6 is 0 Å². The first-order valence-corrected chi connectivity index (χ1v) is 7.38. The molecule has 3 nitrogen and oxygen atoms in total. The van der Waals surface area contributed by atoms with Crippen molar-refractivity contribution in [3.05, 3.63) is 41.0 Å². The smallest absolute Gasteiger partial charge is 0.331 e. The number of rotatable bonds is 3. The molecule has 0 bridgehead atoms. The van der Waals surface area contributed by atoms with Crippen LogP contribution in [-0.2, 0) is 14.9 Å². The van der Waals surface area contributed by atoms with E-state index in [2.05, 4.69) is 13.8 Å². The summed E-state index contributed by atoms with van der Waals surface area (Å²) in [6.45, 7) is 8.33. The predicted octanol–water partition coefficient (Wildman–Crippen LogP) is 3.91. The van der Waals surface area contributed by atoms with Gasteiger partial charge in [0.1, 0.15) is 0 Å². The van der Waals surface area contributed by atoms with Crippen molar-refractivity contribution in [2.24, 2.45) is 0 Å². The number of ketones is 1. The molecule has 0 fully saturated rings. The summed E-state index contributed by atoms with van der Waals surface area (Å²) in [4.78, 5) is 23.7. The lowest BCUT2D eigenvalue weighted by molar-refractivity contribution is -0.137. The first kappa shape index (κ1) is 15.5. The molecule has 0 saturated heterocycles. The van der Waals surface area contributed by atoms with Gasteiger partial charge in [-0.15, -0.1) is 0 Å². The molecule has 2 rings (SSSR count). The molecule has 3 heteroatoms. The maximum atomic E-state index is 12.2. The van der Waals surface area contributed by atoms with Gasteiger partial charge in [-0.2, -0.15) is 0 Å². The van der Waals surface area contributed by atoms with Gasteiger partial charge in [-0.1, -0.05) is 26.0 Å². The topological polar surface area (TPSA) is 43.4 Å². The highest BCUT2D eigenvalue weighted by molar-refractivity contribution is 6.00. The Kier molecular flexibility index (Phi) is 4.31. The van der Waals surface area contributed by atoms with Crippen molar-refractivity contribution in [3.63, 3.8) is 0 Å². The minimum absolute atomic E-state index is 0.0283. The van der Waals surface area contributed by atoms with Crippen LogP contribution in [0.25, 0.3) is 5.57 Å². The molecule has 0 amide bonds. The number of benzene rings is 1. The molecular formula is C18H22O3. The fraction of sp³-hybridized carbons (Fsp3) is 0.444. The molecule has 1 aromatic carbocycles. The molecule has 0 radical (unpaired) electrons. The monoisotopic (exact) mass is 286 g/mol. The summed E-state index contributed by atoms with van der Waals surface area (Å²) in [5.74, 6) is -0.158. The molecule has 0 saturated carbocycles. The summed E-state index contributed by atoms with van der Waals surface area (Å²) in [6, 6.07) is 5.90. The van der Waals surface area contributed by atoms with Crippen LogP contribution in [0.1, 0.15) is 62.0 Å². The fourth-order valence-electron chi connectivity index (χ4n) is 2.75. The molecule has 0 spiro atoms. The number of carbonyl (C=O) groups excluding carboxylic acids is 2. The summed E-state index contributed by atoms with van der Waals surface area (Å²) in [6.07, 6.45) is 2.95. The third kappa shape index (κ3) is 3.23. The SMILES string of the molecule is CCOC(=O)C=C(C)c1ccc2c(c1)C(=O)CCC2(C)C. The molecule has 1 aliphatic rings. The number of hydrogen-bond acceptors (Lipinski definition) is 3. The Morgan fingerprint density at radius 1 is 1.38 bits per heavy atom. The van der Waals surface area contributed by atoms with Crippen LogP contribution in [0, 0.1) is 0 Å². The second-order valence-corrected chi connectivity index (χ2v) is 6.15. The second-order valence-electron chi connectivity index (χ2n) is 6.15. The maximum Gasteiger partial charge on any atom is 0.331 e. The number of esters is 1. The van der Waals surface area contributed by atoms with Crippen LogP contribution in [0.5, 0.6) is 0 Å². The van der Waals surface area contributed by atoms with Gasteiger partial charge in [0.05, 0.1) is 6.61 Å². The maximum absolute atomic E-state index is 12.2. The summed E-state index contributed by atoms with van der Waals surface area (Å²) in [5.41, 5.74) is 3.63. The van der Waals surface area contributed by atoms with Gasteiger partial charge >= 0.3 is 5.97 Å². The average molecular weight is 286 g/mol. The molecule has 0 atom stereocenters. The van der Waals surface area contributed by atoms with E-state index in [1.807, 2.05) is 25.1 Å². The Morgan fingerprint density at radius 2 is 2.10 bits per heavy atom. The third-order valence-corrected chi connectivity index (χ3v) is 4.10. The zero-order valence-electron chi connectivity index (χ0n) is 13.2. The average Bonchev–Trinajstić information content (AvgIpc) is 2.43. The van der Waals surface area contributed by atoms with E-state index >= 15 is 0 Å². The van der Waals surface area contributed by atoms with Crippen molar-refractivity contribution >= 4 is 17.3 Å². The summed E-state index contributed by atoms with van der Waals surface area (Å²) in [5, 5.41) is 0. The van der Waals surface area contributed by atoms with Crippen molar-refractivity contribution in [1.82, 2.24) is 0 Å². The lowest BCUT2D eigenvalue weighted by Gasteiger charge is -2.32. The van der Waals surface area contributed by atoms with Crippen LogP contribution in [0.3, 0.4) is 0 Å². The molecule has 0 aromatic heterocycles. The zero-order chi connectivity index (χ0) is 15.6. The molecule has 0 aliphatic heterocycles. The molecule has 0 unspecified atom stereocenters. The van der Waals surface area contributed by atoms with Gasteiger partial charge in [-0.25, -0.2) is 4.79 Å². The van der Waals surface area contributed by atoms with Crippen LogP contribution in [0.4, 0.5) is 0 Å². The van der Waals surface area contributed by atoms with Crippen molar-refractivity contribution < 1.29 is 14.3 Å². The highest BCUT2D eigenvalue weighted by Crippen LogP contribution is 2.37. The van der Waals surface area contributed by atoms with Crippen molar-refractivity contribution in [1.29, 1.82) is 0 Å². The summed E-state index contributed by atoms with van der Waals surface area (Å²) < 4.78 is 4.92. The van der Waals surface area contributed by atoms with E-state index in [-0.39, 0.29) is 17.2 Å². The quantitative estimate of drug-likeness (QED) is 0.625. The van der Waals surface area contributed by atoms with Gasteiger partial charge in [0.15, 0.2) is 5.78 Å². The van der Waals surface area contributed by atoms with E-state index in [0.29, 0.717) is 13.0 Å². The lowest BCUT2D eigenvalue weighted by atomic mass is 9.72. The third-order valence-electron chi connectivity index (χ3n) is 4.10. The van der Waals surface area contributed by atoms with Crippen LogP contribution in [0.2, 0.25) is 0 Å². The molecular weight excluding hydrogens is 264 g/mol. The molecule has 0 N–H and O–H groups in total. The Hall–Kier alpha value is -1.90. The molecule has 0 heterocycles. The highest BCUT2D eigenvalue weighted by atomic mass is 16.5. The number of hydrogen-bond donors (Lipinski definition) is 0. The van der Waals surface area contributed by atoms with Gasteiger partial charge in [-0.05, 0) is 48.4 Å². The van der Waals surface area contributed by atoms with Gasteiger partial charge in [0.2, 0.25) is 0 Å². The largest absolute Gasteiger partial charge is 0.463 e. The first-order valence-electron chi connectivity index (χ1n) is 7.38. The van der Waals surface area contributed by atoms with Crippen LogP contribution in [-0.4, -0.2) is 18.4 Å². The standard InChI is InChI=1S/C18H22O3/c1-5-21-17(20)10-12(2)13-6-7-15-14(11-13)16(19)8-9-18(15,3)4/h6-7,10-11H,5,8-9H2,1-4H3. The van der Waals surface area contributed by atoms with E-state index in [1.54, 1.807) is 6.92 Å². The minimum Gasteiger partial charge on any atom is -0.463 e. The van der Waals surface area contributed by atoms with E-state index in [1.165, 1.54) is 6.08 Å². The highest BCUT2D eigenvalue weighted by Gasteiger charge is 2.31. The molecule has 21 heavy (non-hydrogen) atoms. The van der Waals surface area contributed by atoms with Gasteiger partial charge in [0, 0.05) is 18.1 Å². The molecule has 112 valence electrons. The number of ether oxygens (including phenoxy) is 1. The number of carbonyl (C=O) groups is 2. The first-order chi connectivity index (χ1) is 9.85. The van der Waals surface area contributed by atoms with Crippen molar-refractivity contribution in [2.45, 2.75) is 46.0 Å².